The Morgan fingerprint density at radius 1 is 1.44 bits per heavy atom. The van der Waals surface area contributed by atoms with Crippen LogP contribution in [0.2, 0.25) is 0 Å². The summed E-state index contributed by atoms with van der Waals surface area (Å²) in [6, 6.07) is 4.60. The summed E-state index contributed by atoms with van der Waals surface area (Å²) >= 11 is 0. The molecule has 90 valence electrons. The Morgan fingerprint density at radius 2 is 2.12 bits per heavy atom. The molecule has 1 unspecified atom stereocenters. The number of benzene rings is 1. The van der Waals surface area contributed by atoms with E-state index >= 15 is 0 Å². The average molecular weight is 227 g/mol. The van der Waals surface area contributed by atoms with Crippen LogP contribution in [0.25, 0.3) is 0 Å². The molecule has 1 atom stereocenters. The van der Waals surface area contributed by atoms with Crippen molar-refractivity contribution in [3.8, 4) is 0 Å². The lowest BCUT2D eigenvalue weighted by atomic mass is 10.1. The largest absolute Gasteiger partial charge is 0.393 e. The van der Waals surface area contributed by atoms with Gasteiger partial charge in [0.05, 0.1) is 12.2 Å². The summed E-state index contributed by atoms with van der Waals surface area (Å²) in [6.45, 7) is 3.94. The van der Waals surface area contributed by atoms with Gasteiger partial charge >= 0.3 is 0 Å². The average Bonchev–Trinajstić information content (AvgIpc) is 2.21. The molecule has 4 heteroatoms. The van der Waals surface area contributed by atoms with E-state index in [4.69, 9.17) is 5.11 Å². The molecular weight excluding hydrogens is 209 g/mol. The van der Waals surface area contributed by atoms with E-state index in [1.165, 1.54) is 12.1 Å². The van der Waals surface area contributed by atoms with E-state index in [0.29, 0.717) is 13.1 Å². The smallest absolute Gasteiger partial charge is 0.123 e. The second-order valence-corrected chi connectivity index (χ2v) is 4.33. The Bertz CT molecular complexity index is 353. The second-order valence-electron chi connectivity index (χ2n) is 4.33. The first-order chi connectivity index (χ1) is 7.44. The number of hydrogen-bond donors (Lipinski definition) is 3. The molecule has 1 aromatic carbocycles. The van der Waals surface area contributed by atoms with Crippen molar-refractivity contribution in [2.75, 3.05) is 13.2 Å². The van der Waals surface area contributed by atoms with Crippen LogP contribution in [0.1, 0.15) is 18.1 Å². The van der Waals surface area contributed by atoms with Crippen LogP contribution in [-0.2, 0) is 6.54 Å². The number of aryl methyl sites for hydroxylation is 1. The van der Waals surface area contributed by atoms with E-state index in [0.717, 1.165) is 11.1 Å². The minimum atomic E-state index is -1.12. The third-order valence-corrected chi connectivity index (χ3v) is 2.47. The predicted molar refractivity (Wildman–Crippen MR) is 60.6 cm³/mol. The molecule has 0 bridgehead atoms. The van der Waals surface area contributed by atoms with Gasteiger partial charge < -0.3 is 15.5 Å². The number of nitrogens with one attached hydrogen (secondary N) is 1. The van der Waals surface area contributed by atoms with Crippen LogP contribution in [0.15, 0.2) is 18.2 Å². The van der Waals surface area contributed by atoms with Crippen molar-refractivity contribution in [1.29, 1.82) is 0 Å². The lowest BCUT2D eigenvalue weighted by molar-refractivity contribution is 0.00253. The molecule has 0 spiro atoms. The quantitative estimate of drug-likeness (QED) is 0.702. The molecule has 1 rings (SSSR count). The predicted octanol–water partition coefficient (Wildman–Crippen LogP) is 0.967. The van der Waals surface area contributed by atoms with E-state index in [1.54, 1.807) is 13.0 Å². The lowest BCUT2D eigenvalue weighted by Gasteiger charge is -2.21. The molecule has 0 fully saturated rings. The molecule has 0 aromatic heterocycles. The van der Waals surface area contributed by atoms with Gasteiger partial charge in [0.1, 0.15) is 5.82 Å². The van der Waals surface area contributed by atoms with Crippen LogP contribution in [-0.4, -0.2) is 29.0 Å². The van der Waals surface area contributed by atoms with Crippen molar-refractivity contribution < 1.29 is 14.6 Å². The van der Waals surface area contributed by atoms with E-state index in [-0.39, 0.29) is 12.4 Å². The molecule has 0 amide bonds. The van der Waals surface area contributed by atoms with Gasteiger partial charge in [-0.15, -0.1) is 0 Å². The van der Waals surface area contributed by atoms with Gasteiger partial charge in [0.15, 0.2) is 0 Å². The van der Waals surface area contributed by atoms with Gasteiger partial charge in [0.25, 0.3) is 0 Å². The minimum absolute atomic E-state index is 0.247. The zero-order valence-corrected chi connectivity index (χ0v) is 9.63. The van der Waals surface area contributed by atoms with Crippen LogP contribution < -0.4 is 5.32 Å². The Balaban J connectivity index is 2.49. The number of hydrogen-bond acceptors (Lipinski definition) is 3. The standard InChI is InChI=1S/C12H18FNO2/c1-9-5-11(13)4-3-10(9)6-14-7-12(2,16)8-15/h3-5,14-16H,6-8H2,1-2H3. The molecule has 0 aliphatic heterocycles. The third kappa shape index (κ3) is 3.89. The highest BCUT2D eigenvalue weighted by Gasteiger charge is 2.17. The molecule has 3 N–H and O–H groups in total. The first-order valence-corrected chi connectivity index (χ1v) is 5.23. The highest BCUT2D eigenvalue weighted by molar-refractivity contribution is 5.26. The van der Waals surface area contributed by atoms with Gasteiger partial charge in [-0.2, -0.15) is 0 Å². The highest BCUT2D eigenvalue weighted by atomic mass is 19.1. The topological polar surface area (TPSA) is 52.5 Å². The maximum Gasteiger partial charge on any atom is 0.123 e. The van der Waals surface area contributed by atoms with E-state index < -0.39 is 5.60 Å². The first kappa shape index (κ1) is 13.1. The fraction of sp³-hybridized carbons (Fsp3) is 0.500. The van der Waals surface area contributed by atoms with Crippen LogP contribution >= 0.6 is 0 Å². The zero-order chi connectivity index (χ0) is 12.2. The third-order valence-electron chi connectivity index (χ3n) is 2.47. The zero-order valence-electron chi connectivity index (χ0n) is 9.63. The molecule has 0 aliphatic rings. The number of aliphatic hydroxyl groups is 2. The molecule has 0 saturated carbocycles. The summed E-state index contributed by atoms with van der Waals surface area (Å²) in [5.74, 6) is -0.247. The number of rotatable bonds is 5. The van der Waals surface area contributed by atoms with Gasteiger partial charge in [0, 0.05) is 13.1 Å². The summed E-state index contributed by atoms with van der Waals surface area (Å²) in [5.41, 5.74) is 0.736. The van der Waals surface area contributed by atoms with Crippen molar-refractivity contribution in [1.82, 2.24) is 5.32 Å². The van der Waals surface area contributed by atoms with E-state index in [1.807, 2.05) is 6.92 Å². The van der Waals surface area contributed by atoms with Gasteiger partial charge in [-0.1, -0.05) is 6.07 Å². The molecule has 0 aliphatic carbocycles. The van der Waals surface area contributed by atoms with Crippen molar-refractivity contribution in [3.05, 3.63) is 35.1 Å². The normalized spacial score (nSPS) is 14.8. The molecule has 0 heterocycles. The van der Waals surface area contributed by atoms with Crippen LogP contribution in [0, 0.1) is 12.7 Å². The molecule has 0 saturated heterocycles. The summed E-state index contributed by atoms with van der Waals surface area (Å²) in [6.07, 6.45) is 0. The summed E-state index contributed by atoms with van der Waals surface area (Å²) in [5, 5.41) is 21.4. The van der Waals surface area contributed by atoms with Gasteiger partial charge in [-0.25, -0.2) is 4.39 Å². The Kier molecular flexibility index (Phi) is 4.41. The monoisotopic (exact) mass is 227 g/mol. The maximum atomic E-state index is 12.8. The van der Waals surface area contributed by atoms with E-state index in [2.05, 4.69) is 5.32 Å². The van der Waals surface area contributed by atoms with Crippen LogP contribution in [0.5, 0.6) is 0 Å². The maximum absolute atomic E-state index is 12.8. The second kappa shape index (κ2) is 5.39. The van der Waals surface area contributed by atoms with Crippen LogP contribution in [0.4, 0.5) is 4.39 Å². The van der Waals surface area contributed by atoms with Gasteiger partial charge in [-0.05, 0) is 37.1 Å². The highest BCUT2D eigenvalue weighted by Crippen LogP contribution is 2.10. The Labute approximate surface area is 94.9 Å². The van der Waals surface area contributed by atoms with Crippen molar-refractivity contribution >= 4 is 0 Å². The Morgan fingerprint density at radius 3 is 2.69 bits per heavy atom. The summed E-state index contributed by atoms with van der Waals surface area (Å²) in [4.78, 5) is 0. The molecule has 1 aromatic rings. The molecular formula is C12H18FNO2. The Hall–Kier alpha value is -0.970. The summed E-state index contributed by atoms with van der Waals surface area (Å²) in [7, 11) is 0. The fourth-order valence-corrected chi connectivity index (χ4v) is 1.38. The lowest BCUT2D eigenvalue weighted by Crippen LogP contribution is -2.40. The SMILES string of the molecule is Cc1cc(F)ccc1CNCC(C)(O)CO. The molecule has 3 nitrogen and oxygen atoms in total. The fourth-order valence-electron chi connectivity index (χ4n) is 1.38. The molecule has 0 radical (unpaired) electrons. The minimum Gasteiger partial charge on any atom is -0.393 e. The van der Waals surface area contributed by atoms with Gasteiger partial charge in [0.2, 0.25) is 0 Å². The van der Waals surface area contributed by atoms with Crippen molar-refractivity contribution in [2.45, 2.75) is 26.0 Å². The number of aliphatic hydroxyl groups excluding tert-OH is 1. The summed E-state index contributed by atoms with van der Waals surface area (Å²) < 4.78 is 12.8. The van der Waals surface area contributed by atoms with Gasteiger partial charge in [-0.3, -0.25) is 0 Å². The first-order valence-electron chi connectivity index (χ1n) is 5.23. The molecule has 16 heavy (non-hydrogen) atoms. The van der Waals surface area contributed by atoms with Crippen molar-refractivity contribution in [3.63, 3.8) is 0 Å². The van der Waals surface area contributed by atoms with Crippen molar-refractivity contribution in [2.24, 2.45) is 0 Å². The van der Waals surface area contributed by atoms with E-state index in [9.17, 15) is 9.50 Å². The van der Waals surface area contributed by atoms with Crippen LogP contribution in [0.3, 0.4) is 0 Å². The number of halogens is 1.